The van der Waals surface area contributed by atoms with Gasteiger partial charge in [0.2, 0.25) is 0 Å². The molecule has 2 N–H and O–H groups in total. The molecule has 1 aromatic carbocycles. The number of benzene rings is 1. The molecule has 1 rings (SSSR count). The first-order valence-electron chi connectivity index (χ1n) is 8.05. The van der Waals surface area contributed by atoms with Crippen molar-refractivity contribution >= 4 is 14.7 Å². The average Bonchev–Trinajstić information content (AvgIpc) is 2.53. The van der Waals surface area contributed by atoms with Crippen LogP contribution < -0.4 is 5.32 Å². The minimum absolute atomic E-state index is 0.0589. The molecule has 0 bridgehead atoms. The van der Waals surface area contributed by atoms with Crippen LogP contribution in [-0.2, 0) is 13.3 Å². The second-order valence-electron chi connectivity index (χ2n) is 4.85. The summed E-state index contributed by atoms with van der Waals surface area (Å²) in [5, 5.41) is 12.7. The van der Waals surface area contributed by atoms with Crippen molar-refractivity contribution in [2.45, 2.75) is 39.8 Å². The zero-order valence-electron chi connectivity index (χ0n) is 14.3. The number of hydrogen-bond acceptors (Lipinski definition) is 5. The van der Waals surface area contributed by atoms with E-state index in [0.29, 0.717) is 26.2 Å². The van der Waals surface area contributed by atoms with E-state index in [1.807, 2.05) is 27.7 Å². The van der Waals surface area contributed by atoms with Gasteiger partial charge in [-0.05, 0) is 39.3 Å². The molecular weight excluding hydrogens is 314 g/mol. The van der Waals surface area contributed by atoms with Gasteiger partial charge in [-0.3, -0.25) is 4.79 Å². The Labute approximate surface area is 139 Å². The highest BCUT2D eigenvalue weighted by Gasteiger charge is 2.49. The Morgan fingerprint density at radius 1 is 1.09 bits per heavy atom. The van der Waals surface area contributed by atoms with Crippen LogP contribution in [0, 0.1) is 0 Å². The van der Waals surface area contributed by atoms with Gasteiger partial charge in [-0.25, -0.2) is 0 Å². The van der Waals surface area contributed by atoms with E-state index in [2.05, 4.69) is 5.32 Å². The van der Waals surface area contributed by atoms with Gasteiger partial charge in [-0.15, -0.1) is 0 Å². The lowest BCUT2D eigenvalue weighted by atomic mass is 10.2. The van der Waals surface area contributed by atoms with Crippen LogP contribution in [0.5, 0.6) is 5.75 Å². The van der Waals surface area contributed by atoms with Crippen molar-refractivity contribution in [1.82, 2.24) is 5.32 Å². The molecule has 0 aliphatic heterocycles. The van der Waals surface area contributed by atoms with Crippen LogP contribution in [0.2, 0.25) is 0 Å². The molecule has 6 nitrogen and oxygen atoms in total. The number of phenols is 1. The molecule has 1 amide bonds. The smallest absolute Gasteiger partial charge is 0.507 e. The molecule has 1 unspecified atom stereocenters. The minimum atomic E-state index is -3.05. The lowest BCUT2D eigenvalue weighted by Gasteiger charge is -2.35. The number of rotatable bonds is 10. The summed E-state index contributed by atoms with van der Waals surface area (Å²) in [6.45, 7) is 8.88. The SMILES string of the molecule is CCO[Si](OCC)(OCC)C(CC)NC(=O)c1ccccc1O. The molecule has 0 fully saturated rings. The van der Waals surface area contributed by atoms with E-state index >= 15 is 0 Å². The average molecular weight is 341 g/mol. The number of para-hydroxylation sites is 1. The topological polar surface area (TPSA) is 77.0 Å². The number of phenolic OH excluding ortho intramolecular Hbond substituents is 1. The quantitative estimate of drug-likeness (QED) is 0.639. The number of aromatic hydroxyl groups is 1. The maximum atomic E-state index is 12.5. The Balaban J connectivity index is 3.02. The van der Waals surface area contributed by atoms with E-state index in [0.717, 1.165) is 0 Å². The predicted octanol–water partition coefficient (Wildman–Crippen LogP) is 2.49. The predicted molar refractivity (Wildman–Crippen MR) is 90.3 cm³/mol. The Bertz CT molecular complexity index is 480. The van der Waals surface area contributed by atoms with Crippen LogP contribution in [0.15, 0.2) is 24.3 Å². The van der Waals surface area contributed by atoms with Crippen molar-refractivity contribution in [2.75, 3.05) is 19.8 Å². The number of hydrogen-bond donors (Lipinski definition) is 2. The summed E-state index contributed by atoms with van der Waals surface area (Å²) >= 11 is 0. The summed E-state index contributed by atoms with van der Waals surface area (Å²) in [5.74, 6) is -0.428. The van der Waals surface area contributed by atoms with Gasteiger partial charge in [-0.1, -0.05) is 19.1 Å². The Morgan fingerprint density at radius 3 is 2.04 bits per heavy atom. The molecule has 0 heterocycles. The van der Waals surface area contributed by atoms with Crippen molar-refractivity contribution in [1.29, 1.82) is 0 Å². The Hall–Kier alpha value is -1.41. The molecule has 0 aromatic heterocycles. The Morgan fingerprint density at radius 2 is 1.61 bits per heavy atom. The fourth-order valence-corrected chi connectivity index (χ4v) is 5.24. The summed E-state index contributed by atoms with van der Waals surface area (Å²) in [4.78, 5) is 12.5. The lowest BCUT2D eigenvalue weighted by molar-refractivity contribution is 0.0546. The monoisotopic (exact) mass is 341 g/mol. The number of nitrogens with one attached hydrogen (secondary N) is 1. The van der Waals surface area contributed by atoms with Gasteiger partial charge in [0.25, 0.3) is 5.91 Å². The highest BCUT2D eigenvalue weighted by atomic mass is 28.4. The first-order chi connectivity index (χ1) is 11.0. The molecule has 0 saturated carbocycles. The molecule has 0 spiro atoms. The van der Waals surface area contributed by atoms with Crippen LogP contribution in [0.3, 0.4) is 0 Å². The summed E-state index contributed by atoms with van der Waals surface area (Å²) in [6, 6.07) is 6.42. The van der Waals surface area contributed by atoms with Crippen molar-refractivity contribution < 1.29 is 23.2 Å². The minimum Gasteiger partial charge on any atom is -0.507 e. The first-order valence-corrected chi connectivity index (χ1v) is 9.85. The summed E-state index contributed by atoms with van der Waals surface area (Å²) < 4.78 is 17.5. The first kappa shape index (κ1) is 19.6. The van der Waals surface area contributed by atoms with Crippen molar-refractivity contribution in [3.8, 4) is 5.75 Å². The van der Waals surface area contributed by atoms with Crippen LogP contribution in [-0.4, -0.2) is 45.3 Å². The normalized spacial score (nSPS) is 12.9. The van der Waals surface area contributed by atoms with Crippen LogP contribution in [0.1, 0.15) is 44.5 Å². The van der Waals surface area contributed by atoms with Gasteiger partial charge in [0.15, 0.2) is 0 Å². The summed E-state index contributed by atoms with van der Waals surface area (Å²) in [5.41, 5.74) is -0.159. The molecule has 0 radical (unpaired) electrons. The number of carbonyl (C=O) groups excluding carboxylic acids is 1. The molecule has 1 atom stereocenters. The van der Waals surface area contributed by atoms with E-state index in [4.69, 9.17) is 13.3 Å². The molecule has 1 aromatic rings. The maximum absolute atomic E-state index is 12.5. The molecular formula is C16H27NO5Si. The molecule has 0 aliphatic carbocycles. The number of amides is 1. The third-order valence-electron chi connectivity index (χ3n) is 3.33. The fourth-order valence-electron chi connectivity index (χ4n) is 2.37. The molecule has 130 valence electrons. The van der Waals surface area contributed by atoms with Crippen LogP contribution >= 0.6 is 0 Å². The van der Waals surface area contributed by atoms with Gasteiger partial charge in [-0.2, -0.15) is 0 Å². The molecule has 7 heteroatoms. The van der Waals surface area contributed by atoms with E-state index in [-0.39, 0.29) is 22.9 Å². The summed E-state index contributed by atoms with van der Waals surface area (Å²) in [6.07, 6.45) is 0.603. The lowest BCUT2D eigenvalue weighted by Crippen LogP contribution is -2.62. The standard InChI is InChI=1S/C16H27NO5Si/c1-5-15(23(20-6-2,21-7-3)22-8-4)17-16(19)13-11-9-10-12-14(13)18/h9-12,15,18H,5-8H2,1-4H3,(H,17,19). The largest absolute Gasteiger partial charge is 0.524 e. The maximum Gasteiger partial charge on any atom is 0.524 e. The highest BCUT2D eigenvalue weighted by Crippen LogP contribution is 2.20. The van der Waals surface area contributed by atoms with Gasteiger partial charge < -0.3 is 23.7 Å². The third kappa shape index (κ3) is 5.03. The van der Waals surface area contributed by atoms with Crippen LogP contribution in [0.4, 0.5) is 0 Å². The van der Waals surface area contributed by atoms with E-state index in [9.17, 15) is 9.90 Å². The second kappa shape index (κ2) is 9.66. The van der Waals surface area contributed by atoms with Crippen molar-refractivity contribution in [2.24, 2.45) is 0 Å². The van der Waals surface area contributed by atoms with Crippen molar-refractivity contribution in [3.05, 3.63) is 29.8 Å². The van der Waals surface area contributed by atoms with Gasteiger partial charge in [0, 0.05) is 19.8 Å². The van der Waals surface area contributed by atoms with Crippen molar-refractivity contribution in [3.63, 3.8) is 0 Å². The molecule has 0 aliphatic rings. The Kier molecular flexibility index (Phi) is 8.25. The number of carbonyl (C=O) groups is 1. The summed E-state index contributed by atoms with van der Waals surface area (Å²) in [7, 11) is -3.05. The second-order valence-corrected chi connectivity index (χ2v) is 7.62. The van der Waals surface area contributed by atoms with E-state index < -0.39 is 8.80 Å². The molecule has 23 heavy (non-hydrogen) atoms. The van der Waals surface area contributed by atoms with E-state index in [1.54, 1.807) is 18.2 Å². The van der Waals surface area contributed by atoms with Gasteiger partial charge in [0.1, 0.15) is 5.75 Å². The van der Waals surface area contributed by atoms with Crippen LogP contribution in [0.25, 0.3) is 0 Å². The highest BCUT2D eigenvalue weighted by molar-refractivity contribution is 6.62. The van der Waals surface area contributed by atoms with Gasteiger partial charge in [0.05, 0.1) is 11.2 Å². The molecule has 0 saturated heterocycles. The zero-order valence-corrected chi connectivity index (χ0v) is 15.3. The zero-order chi connectivity index (χ0) is 17.3. The van der Waals surface area contributed by atoms with E-state index in [1.165, 1.54) is 6.07 Å². The fraction of sp³-hybridized carbons (Fsp3) is 0.562. The third-order valence-corrected chi connectivity index (χ3v) is 6.80. The van der Waals surface area contributed by atoms with Gasteiger partial charge >= 0.3 is 8.80 Å².